The minimum absolute atomic E-state index is 0.658. The van der Waals surface area contributed by atoms with E-state index in [-0.39, 0.29) is 0 Å². The average Bonchev–Trinajstić information content (AvgIpc) is 2.77. The van der Waals surface area contributed by atoms with Crippen molar-refractivity contribution in [3.63, 3.8) is 0 Å². The van der Waals surface area contributed by atoms with Crippen LogP contribution in [-0.2, 0) is 0 Å². The van der Waals surface area contributed by atoms with Crippen molar-refractivity contribution in [2.45, 2.75) is 39.7 Å². The number of guanidine groups is 1. The highest BCUT2D eigenvalue weighted by atomic mass is 15.3. The maximum atomic E-state index is 5.97. The second-order valence-corrected chi connectivity index (χ2v) is 4.35. The summed E-state index contributed by atoms with van der Waals surface area (Å²) in [6, 6.07) is 0.658. The summed E-state index contributed by atoms with van der Waals surface area (Å²) < 4.78 is 0. The highest BCUT2D eigenvalue weighted by Gasteiger charge is 2.26. The molecule has 16 heavy (non-hydrogen) atoms. The van der Waals surface area contributed by atoms with Crippen LogP contribution in [0.25, 0.3) is 0 Å². The Morgan fingerprint density at radius 1 is 1.38 bits per heavy atom. The molecule has 0 bridgehead atoms. The number of likely N-dealkylation sites (N-methyl/N-ethyl adjacent to an activating group) is 1. The Labute approximate surface area is 99.5 Å². The molecule has 1 atom stereocenters. The van der Waals surface area contributed by atoms with Gasteiger partial charge < -0.3 is 10.6 Å². The van der Waals surface area contributed by atoms with E-state index >= 15 is 0 Å². The summed E-state index contributed by atoms with van der Waals surface area (Å²) >= 11 is 0. The third kappa shape index (κ3) is 3.37. The molecule has 1 fully saturated rings. The normalized spacial score (nSPS) is 22.1. The summed E-state index contributed by atoms with van der Waals surface area (Å²) in [6.45, 7) is 11.8. The monoisotopic (exact) mass is 226 g/mol. The molecular weight excluding hydrogens is 200 g/mol. The van der Waals surface area contributed by atoms with Gasteiger partial charge in [-0.3, -0.25) is 9.89 Å². The molecule has 0 amide bonds. The minimum Gasteiger partial charge on any atom is -0.370 e. The molecule has 1 unspecified atom stereocenters. The molecule has 0 aromatic heterocycles. The van der Waals surface area contributed by atoms with Crippen LogP contribution in [0.4, 0.5) is 0 Å². The summed E-state index contributed by atoms with van der Waals surface area (Å²) in [5.41, 5.74) is 5.97. The molecule has 0 aromatic rings. The molecule has 0 spiro atoms. The molecular formula is C12H26N4. The van der Waals surface area contributed by atoms with E-state index in [1.54, 1.807) is 0 Å². The second-order valence-electron chi connectivity index (χ2n) is 4.35. The van der Waals surface area contributed by atoms with Gasteiger partial charge in [0.05, 0.1) is 0 Å². The van der Waals surface area contributed by atoms with Crippen LogP contribution in [0.5, 0.6) is 0 Å². The van der Waals surface area contributed by atoms with E-state index in [0.717, 1.165) is 45.1 Å². The number of hydrogen-bond donors (Lipinski definition) is 1. The van der Waals surface area contributed by atoms with Crippen molar-refractivity contribution >= 4 is 5.96 Å². The number of rotatable bonds is 5. The fourth-order valence-electron chi connectivity index (χ4n) is 2.31. The molecule has 4 nitrogen and oxygen atoms in total. The molecule has 1 aliphatic heterocycles. The van der Waals surface area contributed by atoms with Crippen LogP contribution in [0, 0.1) is 0 Å². The topological polar surface area (TPSA) is 44.9 Å². The first-order valence-corrected chi connectivity index (χ1v) is 6.51. The number of likely N-dealkylation sites (tertiary alicyclic amines) is 1. The van der Waals surface area contributed by atoms with Gasteiger partial charge in [0.2, 0.25) is 0 Å². The van der Waals surface area contributed by atoms with Gasteiger partial charge in [0.25, 0.3) is 0 Å². The zero-order chi connectivity index (χ0) is 12.0. The van der Waals surface area contributed by atoms with E-state index in [4.69, 9.17) is 5.73 Å². The van der Waals surface area contributed by atoms with Crippen LogP contribution >= 0.6 is 0 Å². The Morgan fingerprint density at radius 3 is 2.62 bits per heavy atom. The quantitative estimate of drug-likeness (QED) is 0.564. The molecule has 1 saturated heterocycles. The van der Waals surface area contributed by atoms with Gasteiger partial charge in [0.15, 0.2) is 5.96 Å². The summed E-state index contributed by atoms with van der Waals surface area (Å²) in [5, 5.41) is 0. The first-order chi connectivity index (χ1) is 7.72. The Kier molecular flexibility index (Phi) is 5.60. The number of hydrogen-bond acceptors (Lipinski definition) is 2. The first-order valence-electron chi connectivity index (χ1n) is 6.51. The van der Waals surface area contributed by atoms with Crippen molar-refractivity contribution < 1.29 is 0 Å². The maximum Gasteiger partial charge on any atom is 0.191 e. The highest BCUT2D eigenvalue weighted by molar-refractivity contribution is 5.78. The van der Waals surface area contributed by atoms with Gasteiger partial charge in [0, 0.05) is 25.7 Å². The van der Waals surface area contributed by atoms with E-state index in [0.29, 0.717) is 6.04 Å². The van der Waals surface area contributed by atoms with E-state index in [1.807, 2.05) is 0 Å². The zero-order valence-electron chi connectivity index (χ0n) is 10.9. The average molecular weight is 226 g/mol. The molecule has 1 aliphatic rings. The smallest absolute Gasteiger partial charge is 0.191 e. The van der Waals surface area contributed by atoms with E-state index < -0.39 is 0 Å². The summed E-state index contributed by atoms with van der Waals surface area (Å²) in [4.78, 5) is 9.10. The Bertz CT molecular complexity index is 223. The molecule has 0 saturated carbocycles. The van der Waals surface area contributed by atoms with Crippen molar-refractivity contribution in [1.29, 1.82) is 0 Å². The Morgan fingerprint density at radius 2 is 2.06 bits per heavy atom. The maximum absolute atomic E-state index is 5.97. The third-order valence-corrected chi connectivity index (χ3v) is 3.31. The van der Waals surface area contributed by atoms with Crippen molar-refractivity contribution in [3.8, 4) is 0 Å². The minimum atomic E-state index is 0.658. The lowest BCUT2D eigenvalue weighted by Crippen LogP contribution is -2.41. The number of nitrogens with zero attached hydrogens (tertiary/aromatic N) is 3. The van der Waals surface area contributed by atoms with Gasteiger partial charge in [0.1, 0.15) is 0 Å². The van der Waals surface area contributed by atoms with Crippen molar-refractivity contribution in [1.82, 2.24) is 9.80 Å². The van der Waals surface area contributed by atoms with Crippen LogP contribution in [0.3, 0.4) is 0 Å². The van der Waals surface area contributed by atoms with E-state index in [1.165, 1.54) is 6.42 Å². The van der Waals surface area contributed by atoms with Crippen LogP contribution in [0.1, 0.15) is 33.6 Å². The Balaban J connectivity index is 2.45. The highest BCUT2D eigenvalue weighted by Crippen LogP contribution is 2.14. The molecule has 1 heterocycles. The molecule has 0 aromatic carbocycles. The molecule has 2 N–H and O–H groups in total. The predicted molar refractivity (Wildman–Crippen MR) is 69.7 cm³/mol. The van der Waals surface area contributed by atoms with E-state index in [9.17, 15) is 0 Å². The molecule has 0 radical (unpaired) electrons. The summed E-state index contributed by atoms with van der Waals surface area (Å²) in [7, 11) is 0. The molecule has 1 rings (SSSR count). The van der Waals surface area contributed by atoms with Gasteiger partial charge in [-0.15, -0.1) is 0 Å². The van der Waals surface area contributed by atoms with Gasteiger partial charge in [-0.25, -0.2) is 0 Å². The fraction of sp³-hybridized carbons (Fsp3) is 0.917. The van der Waals surface area contributed by atoms with Crippen molar-refractivity contribution in [3.05, 3.63) is 0 Å². The van der Waals surface area contributed by atoms with Crippen LogP contribution < -0.4 is 5.73 Å². The van der Waals surface area contributed by atoms with Crippen LogP contribution in [-0.4, -0.2) is 54.5 Å². The Hall–Kier alpha value is -0.770. The van der Waals surface area contributed by atoms with Crippen LogP contribution in [0.15, 0.2) is 4.99 Å². The lowest BCUT2D eigenvalue weighted by atomic mass is 10.2. The standard InChI is InChI=1S/C12H26N4/c1-4-8-14-12(13)16-9-7-11(10-16)15(5-2)6-3/h11H,4-10H2,1-3H3,(H2,13,14). The van der Waals surface area contributed by atoms with Gasteiger partial charge >= 0.3 is 0 Å². The second kappa shape index (κ2) is 6.74. The lowest BCUT2D eigenvalue weighted by molar-refractivity contribution is 0.223. The largest absolute Gasteiger partial charge is 0.370 e. The van der Waals surface area contributed by atoms with Crippen molar-refractivity contribution in [2.24, 2.45) is 10.7 Å². The molecule has 94 valence electrons. The van der Waals surface area contributed by atoms with Gasteiger partial charge in [-0.05, 0) is 25.9 Å². The SMILES string of the molecule is CCCN=C(N)N1CCC(N(CC)CC)C1. The third-order valence-electron chi connectivity index (χ3n) is 3.31. The first kappa shape index (κ1) is 13.3. The summed E-state index contributed by atoms with van der Waals surface area (Å²) in [6.07, 6.45) is 2.28. The van der Waals surface area contributed by atoms with Gasteiger partial charge in [-0.2, -0.15) is 0 Å². The summed E-state index contributed by atoms with van der Waals surface area (Å²) in [5.74, 6) is 0.733. The predicted octanol–water partition coefficient (Wildman–Crippen LogP) is 1.13. The van der Waals surface area contributed by atoms with Crippen LogP contribution in [0.2, 0.25) is 0 Å². The number of aliphatic imine (C=N–C) groups is 1. The molecule has 4 heteroatoms. The van der Waals surface area contributed by atoms with Crippen molar-refractivity contribution in [2.75, 3.05) is 32.7 Å². The van der Waals surface area contributed by atoms with E-state index in [2.05, 4.69) is 35.6 Å². The lowest BCUT2D eigenvalue weighted by Gasteiger charge is -2.26. The number of nitrogens with two attached hydrogens (primary N) is 1. The van der Waals surface area contributed by atoms with Gasteiger partial charge in [-0.1, -0.05) is 20.8 Å². The fourth-order valence-corrected chi connectivity index (χ4v) is 2.31. The molecule has 0 aliphatic carbocycles. The zero-order valence-corrected chi connectivity index (χ0v) is 10.9.